The average molecular weight is 384 g/mol. The number of rotatable bonds is 4. The molecule has 0 bridgehead atoms. The molecule has 0 spiro atoms. The predicted molar refractivity (Wildman–Crippen MR) is 96.6 cm³/mol. The van der Waals surface area contributed by atoms with Crippen molar-refractivity contribution >= 4 is 23.4 Å². The number of ether oxygens (including phenoxy) is 1. The lowest BCUT2D eigenvalue weighted by Gasteiger charge is -2.25. The zero-order valence-electron chi connectivity index (χ0n) is 14.9. The predicted octanol–water partition coefficient (Wildman–Crippen LogP) is 2.45. The van der Waals surface area contributed by atoms with Gasteiger partial charge in [-0.05, 0) is 23.8 Å². The van der Waals surface area contributed by atoms with Crippen LogP contribution in [0.5, 0.6) is 0 Å². The number of aromatic carboxylic acids is 1. The van der Waals surface area contributed by atoms with Gasteiger partial charge in [0.25, 0.3) is 0 Å². The van der Waals surface area contributed by atoms with E-state index in [4.69, 9.17) is 4.74 Å². The minimum Gasteiger partial charge on any atom is -0.477 e. The van der Waals surface area contributed by atoms with Gasteiger partial charge in [-0.2, -0.15) is 5.10 Å². The zero-order valence-corrected chi connectivity index (χ0v) is 14.9. The first-order valence-corrected chi connectivity index (χ1v) is 8.69. The Morgan fingerprint density at radius 2 is 2.14 bits per heavy atom. The maximum atomic E-state index is 13.8. The number of carbonyl (C=O) groups is 2. The van der Waals surface area contributed by atoms with Crippen molar-refractivity contribution in [2.45, 2.75) is 25.5 Å². The summed E-state index contributed by atoms with van der Waals surface area (Å²) in [5.41, 5.74) is 0.919. The highest BCUT2D eigenvalue weighted by atomic mass is 19.1. The van der Waals surface area contributed by atoms with Crippen LogP contribution in [0.4, 0.5) is 10.2 Å². The Morgan fingerprint density at radius 3 is 2.86 bits per heavy atom. The molecule has 4 rings (SSSR count). The van der Waals surface area contributed by atoms with Crippen molar-refractivity contribution in [2.24, 2.45) is 0 Å². The molecule has 2 aromatic heterocycles. The molecule has 2 atom stereocenters. The first kappa shape index (κ1) is 17.9. The van der Waals surface area contributed by atoms with Gasteiger partial charge in [-0.15, -0.1) is 0 Å². The van der Waals surface area contributed by atoms with Crippen molar-refractivity contribution in [1.29, 1.82) is 0 Å². The molecule has 8 nitrogen and oxygen atoms in total. The normalized spacial score (nSPS) is 19.1. The fourth-order valence-electron chi connectivity index (χ4n) is 3.57. The second-order valence-corrected chi connectivity index (χ2v) is 6.61. The van der Waals surface area contributed by atoms with Gasteiger partial charge in [-0.25, -0.2) is 18.7 Å². The van der Waals surface area contributed by atoms with E-state index in [0.29, 0.717) is 18.8 Å². The topological polar surface area (TPSA) is 97.0 Å². The molecular formula is C19H17FN4O4. The molecule has 0 aliphatic carbocycles. The lowest BCUT2D eigenvalue weighted by molar-refractivity contribution is -0.145. The molecule has 9 heteroatoms. The number of hydrogen-bond donors (Lipinski definition) is 1. The van der Waals surface area contributed by atoms with Gasteiger partial charge in [0.2, 0.25) is 0 Å². The molecule has 3 heterocycles. The highest BCUT2D eigenvalue weighted by Gasteiger charge is 2.36. The molecule has 0 amide bonds. The third-order valence-corrected chi connectivity index (χ3v) is 4.71. The monoisotopic (exact) mass is 384 g/mol. The van der Waals surface area contributed by atoms with Crippen LogP contribution in [-0.2, 0) is 9.53 Å². The van der Waals surface area contributed by atoms with E-state index >= 15 is 0 Å². The number of benzene rings is 1. The largest absolute Gasteiger partial charge is 0.477 e. The van der Waals surface area contributed by atoms with Crippen LogP contribution in [0.1, 0.15) is 35.3 Å². The van der Waals surface area contributed by atoms with Crippen LogP contribution >= 0.6 is 0 Å². The maximum Gasteiger partial charge on any atom is 0.341 e. The fraction of sp³-hybridized carbons (Fsp3) is 0.263. The van der Waals surface area contributed by atoms with E-state index in [1.165, 1.54) is 29.8 Å². The number of esters is 1. The number of halogens is 1. The van der Waals surface area contributed by atoms with Gasteiger partial charge in [0, 0.05) is 19.5 Å². The van der Waals surface area contributed by atoms with Crippen LogP contribution in [0.3, 0.4) is 0 Å². The number of hydrogen-bond acceptors (Lipinski definition) is 6. The zero-order chi connectivity index (χ0) is 19.8. The van der Waals surface area contributed by atoms with E-state index in [1.54, 1.807) is 24.4 Å². The number of carbonyl (C=O) groups excluding carboxylic acids is 1. The van der Waals surface area contributed by atoms with Gasteiger partial charge >= 0.3 is 11.9 Å². The Morgan fingerprint density at radius 1 is 1.32 bits per heavy atom. The van der Waals surface area contributed by atoms with E-state index in [9.17, 15) is 19.1 Å². The highest BCUT2D eigenvalue weighted by molar-refractivity contribution is 5.94. The minimum atomic E-state index is -1.12. The molecule has 0 saturated carbocycles. The fourth-order valence-corrected chi connectivity index (χ4v) is 3.57. The van der Waals surface area contributed by atoms with Crippen LogP contribution in [0.2, 0.25) is 0 Å². The van der Waals surface area contributed by atoms with E-state index < -0.39 is 11.9 Å². The van der Waals surface area contributed by atoms with Crippen LogP contribution in [0.15, 0.2) is 42.7 Å². The summed E-state index contributed by atoms with van der Waals surface area (Å²) >= 11 is 0. The van der Waals surface area contributed by atoms with Crippen molar-refractivity contribution in [3.63, 3.8) is 0 Å². The number of carboxylic acid groups (broad SMARTS) is 1. The number of fused-ring (bicyclic) bond motifs is 1. The molecule has 1 N–H and O–H groups in total. The first-order valence-electron chi connectivity index (χ1n) is 8.69. The Bertz CT molecular complexity index is 1070. The Labute approximate surface area is 159 Å². The van der Waals surface area contributed by atoms with E-state index in [2.05, 4.69) is 10.1 Å². The average Bonchev–Trinajstić information content (AvgIpc) is 3.24. The summed E-state index contributed by atoms with van der Waals surface area (Å²) in [5, 5.41) is 13.3. The third-order valence-electron chi connectivity index (χ3n) is 4.71. The molecule has 28 heavy (non-hydrogen) atoms. The molecule has 3 aromatic rings. The molecule has 1 saturated heterocycles. The smallest absolute Gasteiger partial charge is 0.341 e. The van der Waals surface area contributed by atoms with E-state index in [1.807, 2.05) is 4.90 Å². The van der Waals surface area contributed by atoms with Crippen LogP contribution < -0.4 is 4.90 Å². The van der Waals surface area contributed by atoms with Crippen molar-refractivity contribution in [2.75, 3.05) is 11.4 Å². The Hall–Kier alpha value is -3.49. The summed E-state index contributed by atoms with van der Waals surface area (Å²) in [6.45, 7) is 1.70. The van der Waals surface area contributed by atoms with E-state index in [-0.39, 0.29) is 29.2 Å². The number of anilines is 1. The Kier molecular flexibility index (Phi) is 4.42. The van der Waals surface area contributed by atoms with Crippen molar-refractivity contribution < 1.29 is 23.8 Å². The lowest BCUT2D eigenvalue weighted by Crippen LogP contribution is -2.26. The summed E-state index contributed by atoms with van der Waals surface area (Å²) < 4.78 is 20.5. The van der Waals surface area contributed by atoms with Gasteiger partial charge in [-0.1, -0.05) is 12.1 Å². The molecule has 144 valence electrons. The molecular weight excluding hydrogens is 367 g/mol. The number of aromatic nitrogens is 3. The second kappa shape index (κ2) is 6.91. The summed E-state index contributed by atoms with van der Waals surface area (Å²) in [7, 11) is 0. The van der Waals surface area contributed by atoms with Gasteiger partial charge < -0.3 is 14.7 Å². The second-order valence-electron chi connectivity index (χ2n) is 6.61. The maximum absolute atomic E-state index is 13.8. The van der Waals surface area contributed by atoms with Crippen molar-refractivity contribution in [1.82, 2.24) is 14.6 Å². The molecule has 1 aliphatic rings. The summed E-state index contributed by atoms with van der Waals surface area (Å²) in [6, 6.07) is 7.66. The molecule has 1 fully saturated rings. The first-order chi connectivity index (χ1) is 13.4. The molecule has 1 aromatic carbocycles. The quantitative estimate of drug-likeness (QED) is 0.690. The van der Waals surface area contributed by atoms with Gasteiger partial charge in [0.05, 0.1) is 18.8 Å². The number of nitrogens with zero attached hydrogens (tertiary/aromatic N) is 4. The summed E-state index contributed by atoms with van der Waals surface area (Å²) in [6.07, 6.45) is 2.95. The van der Waals surface area contributed by atoms with Crippen molar-refractivity contribution in [3.8, 4) is 0 Å². The molecule has 1 aliphatic heterocycles. The highest BCUT2D eigenvalue weighted by Crippen LogP contribution is 2.37. The Balaban J connectivity index is 1.75. The standard InChI is InChI=1S/C19H17FN4O4/c1-11(25)28-14-8-16(12-3-2-4-13(20)7-12)23(10-14)17-5-6-24-18(22-17)15(9-21-24)19(26)27/h2-7,9,14,16H,8,10H2,1H3,(H,26,27)/t14-,16+/m0/s1. The van der Waals surface area contributed by atoms with Crippen LogP contribution in [0.25, 0.3) is 5.65 Å². The van der Waals surface area contributed by atoms with Gasteiger partial charge in [0.15, 0.2) is 5.65 Å². The van der Waals surface area contributed by atoms with E-state index in [0.717, 1.165) is 5.56 Å². The van der Waals surface area contributed by atoms with Crippen LogP contribution in [0, 0.1) is 5.82 Å². The summed E-state index contributed by atoms with van der Waals surface area (Å²) in [4.78, 5) is 29.2. The third kappa shape index (κ3) is 3.26. The minimum absolute atomic E-state index is 0.0140. The lowest BCUT2D eigenvalue weighted by atomic mass is 10.0. The molecule has 0 radical (unpaired) electrons. The molecule has 0 unspecified atom stereocenters. The van der Waals surface area contributed by atoms with Crippen molar-refractivity contribution in [3.05, 3.63) is 59.7 Å². The van der Waals surface area contributed by atoms with Gasteiger partial charge in [-0.3, -0.25) is 4.79 Å². The van der Waals surface area contributed by atoms with Gasteiger partial charge in [0.1, 0.15) is 23.3 Å². The SMILES string of the molecule is CC(=O)O[C@H]1C[C@H](c2cccc(F)c2)N(c2ccn3ncc(C(=O)O)c3n2)C1. The van der Waals surface area contributed by atoms with Crippen LogP contribution in [-0.4, -0.2) is 44.3 Å². The summed E-state index contributed by atoms with van der Waals surface area (Å²) in [5.74, 6) is -1.38. The number of carboxylic acids is 1.